The van der Waals surface area contributed by atoms with Crippen LogP contribution in [0, 0.1) is 11.2 Å². The molecule has 1 atom stereocenters. The minimum atomic E-state index is -3.09. The maximum Gasteiger partial charge on any atom is 0.225 e. The van der Waals surface area contributed by atoms with Crippen LogP contribution in [0.1, 0.15) is 32.1 Å². The van der Waals surface area contributed by atoms with E-state index in [0.29, 0.717) is 19.0 Å². The van der Waals surface area contributed by atoms with Crippen LogP contribution in [-0.2, 0) is 10.0 Å². The maximum absolute atomic E-state index is 13.0. The first-order chi connectivity index (χ1) is 11.0. The van der Waals surface area contributed by atoms with Crippen LogP contribution in [0.5, 0.6) is 0 Å². The lowest BCUT2D eigenvalue weighted by molar-refractivity contribution is 0.246. The summed E-state index contributed by atoms with van der Waals surface area (Å²) >= 11 is 0. The molecule has 3 fully saturated rings. The molecule has 1 aliphatic carbocycles. The maximum atomic E-state index is 13.0. The van der Waals surface area contributed by atoms with Crippen molar-refractivity contribution in [1.29, 1.82) is 0 Å². The van der Waals surface area contributed by atoms with Gasteiger partial charge < -0.3 is 4.90 Å². The highest BCUT2D eigenvalue weighted by atomic mass is 32.2. The first-order valence-electron chi connectivity index (χ1n) is 8.20. The van der Waals surface area contributed by atoms with Gasteiger partial charge >= 0.3 is 0 Å². The summed E-state index contributed by atoms with van der Waals surface area (Å²) in [6.07, 6.45) is 6.88. The van der Waals surface area contributed by atoms with Gasteiger partial charge in [0, 0.05) is 31.6 Å². The monoisotopic (exact) mass is 340 g/mol. The standard InChI is InChI=1S/C15H21FN4O2S/c16-12-8-17-14(18-9-12)19-6-1-4-15(10-19)5-7-20(11-15)23(21,22)13-2-3-13/h8-9,13H,1-7,10-11H2/t15-/m1/s1. The molecule has 0 radical (unpaired) electrons. The average molecular weight is 340 g/mol. The summed E-state index contributed by atoms with van der Waals surface area (Å²) in [5.74, 6) is 0.0945. The van der Waals surface area contributed by atoms with Crippen molar-refractivity contribution in [2.75, 3.05) is 31.1 Å². The second kappa shape index (κ2) is 5.37. The van der Waals surface area contributed by atoms with Gasteiger partial charge in [-0.1, -0.05) is 0 Å². The summed E-state index contributed by atoms with van der Waals surface area (Å²) in [5, 5.41) is -0.141. The molecule has 8 heteroatoms. The number of nitrogens with zero attached hydrogens (tertiary/aromatic N) is 4. The third-order valence-corrected chi connectivity index (χ3v) is 7.61. The van der Waals surface area contributed by atoms with E-state index >= 15 is 0 Å². The van der Waals surface area contributed by atoms with Crippen LogP contribution in [0.25, 0.3) is 0 Å². The topological polar surface area (TPSA) is 66.4 Å². The first kappa shape index (κ1) is 15.3. The number of piperidine rings is 1. The van der Waals surface area contributed by atoms with Gasteiger partial charge in [-0.15, -0.1) is 0 Å². The fourth-order valence-electron chi connectivity index (χ4n) is 3.87. The fourth-order valence-corrected chi connectivity index (χ4v) is 5.82. The summed E-state index contributed by atoms with van der Waals surface area (Å²) in [4.78, 5) is 10.2. The summed E-state index contributed by atoms with van der Waals surface area (Å²) in [6.45, 7) is 2.80. The zero-order valence-electron chi connectivity index (χ0n) is 13.0. The van der Waals surface area contributed by atoms with Gasteiger partial charge in [-0.3, -0.25) is 0 Å². The number of hydrogen-bond acceptors (Lipinski definition) is 5. The Balaban J connectivity index is 1.50. The van der Waals surface area contributed by atoms with Crippen LogP contribution in [-0.4, -0.2) is 54.1 Å². The molecule has 1 aromatic heterocycles. The number of rotatable bonds is 3. The highest BCUT2D eigenvalue weighted by molar-refractivity contribution is 7.90. The third kappa shape index (κ3) is 2.82. The van der Waals surface area contributed by atoms with Gasteiger partial charge in [-0.2, -0.15) is 0 Å². The minimum absolute atomic E-state index is 0.0159. The minimum Gasteiger partial charge on any atom is -0.340 e. The number of aromatic nitrogens is 2. The normalized spacial score (nSPS) is 29.3. The van der Waals surface area contributed by atoms with Crippen LogP contribution in [0.15, 0.2) is 12.4 Å². The van der Waals surface area contributed by atoms with Crippen molar-refractivity contribution in [3.05, 3.63) is 18.2 Å². The molecule has 3 heterocycles. The van der Waals surface area contributed by atoms with Crippen molar-refractivity contribution >= 4 is 16.0 Å². The SMILES string of the molecule is O=S(=O)(C1CC1)N1CC[C@@]2(CCCN(c3ncc(F)cn3)C2)C1. The molecule has 1 aromatic rings. The molecule has 2 saturated heterocycles. The molecule has 0 N–H and O–H groups in total. The molecule has 2 aliphatic heterocycles. The van der Waals surface area contributed by atoms with Crippen LogP contribution in [0.2, 0.25) is 0 Å². The quantitative estimate of drug-likeness (QED) is 0.832. The Kier molecular flexibility index (Phi) is 3.57. The Morgan fingerprint density at radius 3 is 2.57 bits per heavy atom. The van der Waals surface area contributed by atoms with Crippen LogP contribution in [0.4, 0.5) is 10.3 Å². The molecule has 6 nitrogen and oxygen atoms in total. The number of sulfonamides is 1. The molecule has 0 aromatic carbocycles. The number of hydrogen-bond donors (Lipinski definition) is 0. The van der Waals surface area contributed by atoms with E-state index in [-0.39, 0.29) is 10.7 Å². The van der Waals surface area contributed by atoms with E-state index in [1.807, 2.05) is 0 Å². The van der Waals surface area contributed by atoms with E-state index in [2.05, 4.69) is 14.9 Å². The summed E-state index contributed by atoms with van der Waals surface area (Å²) in [6, 6.07) is 0. The molecular weight excluding hydrogens is 319 g/mol. The van der Waals surface area contributed by atoms with E-state index in [1.165, 1.54) is 12.4 Å². The molecule has 1 spiro atoms. The molecule has 4 rings (SSSR count). The van der Waals surface area contributed by atoms with Gasteiger partial charge in [-0.05, 0) is 32.1 Å². The lowest BCUT2D eigenvalue weighted by atomic mass is 9.79. The van der Waals surface area contributed by atoms with E-state index in [0.717, 1.165) is 45.2 Å². The van der Waals surface area contributed by atoms with Gasteiger partial charge in [0.05, 0.1) is 17.6 Å². The Labute approximate surface area is 135 Å². The fraction of sp³-hybridized carbons (Fsp3) is 0.733. The van der Waals surface area contributed by atoms with E-state index < -0.39 is 15.8 Å². The molecule has 0 amide bonds. The van der Waals surface area contributed by atoms with Gasteiger partial charge in [0.25, 0.3) is 0 Å². The number of anilines is 1. The van der Waals surface area contributed by atoms with Gasteiger partial charge in [0.2, 0.25) is 16.0 Å². The average Bonchev–Trinajstić information content (AvgIpc) is 3.32. The predicted octanol–water partition coefficient (Wildman–Crippen LogP) is 1.40. The summed E-state index contributed by atoms with van der Waals surface area (Å²) in [5.41, 5.74) is -0.0159. The van der Waals surface area contributed by atoms with Gasteiger partial charge in [0.1, 0.15) is 0 Å². The van der Waals surface area contributed by atoms with Gasteiger partial charge in [-0.25, -0.2) is 27.1 Å². The molecule has 126 valence electrons. The largest absolute Gasteiger partial charge is 0.340 e. The number of halogens is 1. The van der Waals surface area contributed by atoms with Crippen molar-refractivity contribution in [3.8, 4) is 0 Å². The van der Waals surface area contributed by atoms with Crippen molar-refractivity contribution in [2.24, 2.45) is 5.41 Å². The zero-order chi connectivity index (χ0) is 16.1. The Morgan fingerprint density at radius 2 is 1.87 bits per heavy atom. The second-order valence-electron chi connectivity index (χ2n) is 7.05. The Hall–Kier alpha value is -1.28. The molecule has 23 heavy (non-hydrogen) atoms. The molecule has 1 saturated carbocycles. The third-order valence-electron chi connectivity index (χ3n) is 5.26. The molecule has 0 unspecified atom stereocenters. The van der Waals surface area contributed by atoms with Crippen molar-refractivity contribution < 1.29 is 12.8 Å². The van der Waals surface area contributed by atoms with E-state index in [1.54, 1.807) is 4.31 Å². The smallest absolute Gasteiger partial charge is 0.225 e. The summed E-state index contributed by atoms with van der Waals surface area (Å²) in [7, 11) is -3.09. The van der Waals surface area contributed by atoms with Crippen molar-refractivity contribution in [3.63, 3.8) is 0 Å². The lowest BCUT2D eigenvalue weighted by Gasteiger charge is -2.40. The Bertz CT molecular complexity index is 692. The van der Waals surface area contributed by atoms with Crippen molar-refractivity contribution in [2.45, 2.75) is 37.4 Å². The van der Waals surface area contributed by atoms with Crippen molar-refractivity contribution in [1.82, 2.24) is 14.3 Å². The predicted molar refractivity (Wildman–Crippen MR) is 84.0 cm³/mol. The van der Waals surface area contributed by atoms with Crippen LogP contribution < -0.4 is 4.90 Å². The summed E-state index contributed by atoms with van der Waals surface area (Å²) < 4.78 is 39.6. The first-order valence-corrected chi connectivity index (χ1v) is 9.70. The van der Waals surface area contributed by atoms with E-state index in [9.17, 15) is 12.8 Å². The zero-order valence-corrected chi connectivity index (χ0v) is 13.8. The molecular formula is C15H21FN4O2S. The van der Waals surface area contributed by atoms with E-state index in [4.69, 9.17) is 0 Å². The lowest BCUT2D eigenvalue weighted by Crippen LogP contribution is -2.46. The molecule has 3 aliphatic rings. The Morgan fingerprint density at radius 1 is 1.13 bits per heavy atom. The highest BCUT2D eigenvalue weighted by Gasteiger charge is 2.49. The molecule has 0 bridgehead atoms. The van der Waals surface area contributed by atoms with Crippen LogP contribution >= 0.6 is 0 Å². The van der Waals surface area contributed by atoms with Gasteiger partial charge in [0.15, 0.2) is 5.82 Å². The second-order valence-corrected chi connectivity index (χ2v) is 9.27. The highest BCUT2D eigenvalue weighted by Crippen LogP contribution is 2.43. The van der Waals surface area contributed by atoms with Crippen LogP contribution in [0.3, 0.4) is 0 Å².